The molecule has 1 aromatic carbocycles. The molecule has 0 heterocycles. The number of carboxylic acid groups (broad SMARTS) is 1. The van der Waals surface area contributed by atoms with Gasteiger partial charge in [-0.15, -0.1) is 5.43 Å². The molecule has 0 atom stereocenters. The third-order valence-electron chi connectivity index (χ3n) is 0.994. The Morgan fingerprint density at radius 3 is 2.21 bits per heavy atom. The van der Waals surface area contributed by atoms with Gasteiger partial charge in [0.05, 0.1) is 0 Å². The number of hydrogen-bond donors (Lipinski definition) is 3. The zero-order valence-corrected chi connectivity index (χ0v) is 7.08. The van der Waals surface area contributed by atoms with E-state index in [-0.39, 0.29) is 0 Å². The number of nitrogens with zero attached hydrogens (tertiary/aromatic N) is 1. The van der Waals surface area contributed by atoms with Crippen molar-refractivity contribution >= 4 is 11.8 Å². The Morgan fingerprint density at radius 1 is 1.43 bits per heavy atom. The molecule has 0 bridgehead atoms. The van der Waals surface area contributed by atoms with Crippen LogP contribution in [0.4, 0.5) is 10.5 Å². The van der Waals surface area contributed by atoms with Crippen molar-refractivity contribution in [3.05, 3.63) is 40.4 Å². The molecule has 7 heteroatoms. The van der Waals surface area contributed by atoms with Gasteiger partial charge in [-0.25, -0.2) is 14.9 Å². The van der Waals surface area contributed by atoms with E-state index < -0.39 is 11.1 Å². The van der Waals surface area contributed by atoms with E-state index in [2.05, 4.69) is 5.73 Å². The standard InChI is InChI=1S/C6H6N2O2.CH3NO2/c9-8(10)7-6-4-2-1-3-5-6;2-1(3)4/h1-5,7H;2H2,(H,3,4). The number of para-hydroxylation sites is 1. The molecule has 0 aliphatic carbocycles. The number of nitro groups is 1. The lowest BCUT2D eigenvalue weighted by Crippen LogP contribution is -2.06. The summed E-state index contributed by atoms with van der Waals surface area (Å²) in [5.41, 5.74) is 6.55. The molecule has 4 N–H and O–H groups in total. The van der Waals surface area contributed by atoms with Gasteiger partial charge in [0.25, 0.3) is 0 Å². The van der Waals surface area contributed by atoms with Crippen LogP contribution in [0.15, 0.2) is 30.3 Å². The molecule has 76 valence electrons. The van der Waals surface area contributed by atoms with Gasteiger partial charge in [-0.2, -0.15) is 0 Å². The predicted octanol–water partition coefficient (Wildman–Crippen LogP) is 0.913. The lowest BCUT2D eigenvalue weighted by Gasteiger charge is -1.93. The van der Waals surface area contributed by atoms with Crippen molar-refractivity contribution in [2.45, 2.75) is 0 Å². The Labute approximate surface area is 79.3 Å². The van der Waals surface area contributed by atoms with Crippen molar-refractivity contribution in [3.63, 3.8) is 0 Å². The fourth-order valence-electron chi connectivity index (χ4n) is 0.618. The average molecular weight is 199 g/mol. The fourth-order valence-corrected chi connectivity index (χ4v) is 0.618. The van der Waals surface area contributed by atoms with E-state index >= 15 is 0 Å². The van der Waals surface area contributed by atoms with Gasteiger partial charge in [-0.3, -0.25) is 0 Å². The summed E-state index contributed by atoms with van der Waals surface area (Å²) in [6, 6.07) is 8.51. The van der Waals surface area contributed by atoms with Crippen molar-refractivity contribution in [2.75, 3.05) is 5.43 Å². The van der Waals surface area contributed by atoms with Crippen LogP contribution in [0.25, 0.3) is 0 Å². The number of carbonyl (C=O) groups is 1. The summed E-state index contributed by atoms with van der Waals surface area (Å²) in [5, 5.41) is 16.5. The molecular weight excluding hydrogens is 190 g/mol. The first-order valence-corrected chi connectivity index (χ1v) is 3.47. The molecule has 7 nitrogen and oxygen atoms in total. The Bertz CT molecular complexity index is 297. The van der Waals surface area contributed by atoms with Crippen molar-refractivity contribution in [1.82, 2.24) is 0 Å². The topological polar surface area (TPSA) is 118 Å². The smallest absolute Gasteiger partial charge is 0.402 e. The molecule has 0 aliphatic heterocycles. The number of nitrogens with one attached hydrogen (secondary N) is 1. The Kier molecular flexibility index (Phi) is 5.20. The number of anilines is 1. The van der Waals surface area contributed by atoms with Crippen LogP contribution in [-0.4, -0.2) is 16.2 Å². The zero-order chi connectivity index (χ0) is 11.0. The molecular formula is C7H9N3O4. The molecule has 0 radical (unpaired) electrons. The quantitative estimate of drug-likeness (QED) is 0.483. The van der Waals surface area contributed by atoms with Gasteiger partial charge >= 0.3 is 6.09 Å². The van der Waals surface area contributed by atoms with Crippen LogP contribution in [0.2, 0.25) is 0 Å². The predicted molar refractivity (Wildman–Crippen MR) is 49.3 cm³/mol. The molecule has 0 unspecified atom stereocenters. The number of rotatable bonds is 2. The van der Waals surface area contributed by atoms with E-state index in [0.717, 1.165) is 0 Å². The second kappa shape index (κ2) is 6.23. The highest BCUT2D eigenvalue weighted by Gasteiger charge is 1.93. The number of hydrogen-bond acceptors (Lipinski definition) is 3. The van der Waals surface area contributed by atoms with Crippen molar-refractivity contribution in [2.24, 2.45) is 5.73 Å². The van der Waals surface area contributed by atoms with Gasteiger partial charge in [0, 0.05) is 0 Å². The van der Waals surface area contributed by atoms with Crippen LogP contribution < -0.4 is 11.2 Å². The summed E-state index contributed by atoms with van der Waals surface area (Å²) in [6.07, 6.45) is -1.33. The molecule has 14 heavy (non-hydrogen) atoms. The largest absolute Gasteiger partial charge is 0.465 e. The molecule has 1 aromatic rings. The molecule has 0 aliphatic rings. The van der Waals surface area contributed by atoms with Gasteiger partial charge in [0.2, 0.25) is 0 Å². The third kappa shape index (κ3) is 7.79. The Balaban J connectivity index is 0.000000364. The summed E-state index contributed by atoms with van der Waals surface area (Å²) in [4.78, 5) is 18.6. The first-order valence-electron chi connectivity index (χ1n) is 3.47. The lowest BCUT2D eigenvalue weighted by atomic mass is 10.3. The number of hydrazine groups is 1. The zero-order valence-electron chi connectivity index (χ0n) is 7.08. The molecule has 0 saturated heterocycles. The summed E-state index contributed by atoms with van der Waals surface area (Å²) in [6.45, 7) is 0. The average Bonchev–Trinajstić information content (AvgIpc) is 2.03. The number of benzene rings is 1. The van der Waals surface area contributed by atoms with E-state index in [9.17, 15) is 10.1 Å². The highest BCUT2D eigenvalue weighted by Crippen LogP contribution is 2.03. The SMILES string of the molecule is NC(=O)O.O=[N+]([O-])Nc1ccccc1. The number of nitrogens with two attached hydrogens (primary N) is 1. The molecule has 0 fully saturated rings. The van der Waals surface area contributed by atoms with E-state index in [1.807, 2.05) is 5.43 Å². The van der Waals surface area contributed by atoms with E-state index in [1.54, 1.807) is 30.3 Å². The summed E-state index contributed by atoms with van der Waals surface area (Å²) < 4.78 is 0. The number of primary amides is 1. The molecule has 0 spiro atoms. The van der Waals surface area contributed by atoms with Gasteiger partial charge in [-0.05, 0) is 12.1 Å². The highest BCUT2D eigenvalue weighted by atomic mass is 16.7. The molecule has 0 saturated carbocycles. The minimum absolute atomic E-state index is 0.493. The summed E-state index contributed by atoms with van der Waals surface area (Å²) >= 11 is 0. The maximum absolute atomic E-state index is 9.86. The Morgan fingerprint density at radius 2 is 1.86 bits per heavy atom. The number of amides is 1. The minimum Gasteiger partial charge on any atom is -0.465 e. The lowest BCUT2D eigenvalue weighted by molar-refractivity contribution is -0.445. The molecule has 0 aromatic heterocycles. The highest BCUT2D eigenvalue weighted by molar-refractivity contribution is 5.61. The summed E-state index contributed by atoms with van der Waals surface area (Å²) in [5.74, 6) is 0. The van der Waals surface area contributed by atoms with Gasteiger partial charge in [-0.1, -0.05) is 18.2 Å². The first-order chi connectivity index (χ1) is 6.52. The third-order valence-corrected chi connectivity index (χ3v) is 0.994. The van der Waals surface area contributed by atoms with Crippen molar-refractivity contribution < 1.29 is 14.9 Å². The van der Waals surface area contributed by atoms with Crippen LogP contribution in [0.1, 0.15) is 0 Å². The second-order valence-electron chi connectivity index (χ2n) is 2.07. The fraction of sp³-hybridized carbons (Fsp3) is 0. The van der Waals surface area contributed by atoms with Crippen LogP contribution in [-0.2, 0) is 0 Å². The van der Waals surface area contributed by atoms with Gasteiger partial charge < -0.3 is 10.8 Å². The van der Waals surface area contributed by atoms with Gasteiger partial charge in [0.15, 0.2) is 5.03 Å². The maximum Gasteiger partial charge on any atom is 0.402 e. The first kappa shape index (κ1) is 11.7. The van der Waals surface area contributed by atoms with Crippen LogP contribution in [0.3, 0.4) is 0 Å². The van der Waals surface area contributed by atoms with E-state index in [0.29, 0.717) is 5.69 Å². The van der Waals surface area contributed by atoms with E-state index in [4.69, 9.17) is 9.90 Å². The van der Waals surface area contributed by atoms with Crippen LogP contribution >= 0.6 is 0 Å². The van der Waals surface area contributed by atoms with Crippen molar-refractivity contribution in [1.29, 1.82) is 0 Å². The maximum atomic E-state index is 9.86. The second-order valence-corrected chi connectivity index (χ2v) is 2.07. The molecule has 1 rings (SSSR count). The monoisotopic (exact) mass is 199 g/mol. The van der Waals surface area contributed by atoms with Crippen molar-refractivity contribution in [3.8, 4) is 0 Å². The summed E-state index contributed by atoms with van der Waals surface area (Å²) in [7, 11) is 0. The van der Waals surface area contributed by atoms with E-state index in [1.165, 1.54) is 0 Å². The normalized spacial score (nSPS) is 8.00. The van der Waals surface area contributed by atoms with Gasteiger partial charge in [0.1, 0.15) is 5.69 Å². The van der Waals surface area contributed by atoms with Crippen LogP contribution in [0.5, 0.6) is 0 Å². The Hall–Kier alpha value is -2.31. The van der Waals surface area contributed by atoms with Crippen LogP contribution in [0, 0.1) is 10.1 Å². The molecule has 1 amide bonds. The minimum atomic E-state index is -1.33.